The monoisotopic (exact) mass is 185 g/mol. The van der Waals surface area contributed by atoms with Gasteiger partial charge in [0.1, 0.15) is 0 Å². The second kappa shape index (κ2) is 6.39. The summed E-state index contributed by atoms with van der Waals surface area (Å²) in [5.74, 6) is 1.61. The van der Waals surface area contributed by atoms with Gasteiger partial charge in [-0.3, -0.25) is 0 Å². The summed E-state index contributed by atoms with van der Waals surface area (Å²) in [6.07, 6.45) is 4.01. The molecule has 0 saturated heterocycles. The van der Waals surface area contributed by atoms with Gasteiger partial charge < -0.3 is 10.1 Å². The highest BCUT2D eigenvalue weighted by Crippen LogP contribution is 2.28. The van der Waals surface area contributed by atoms with Gasteiger partial charge in [-0.25, -0.2) is 0 Å². The van der Waals surface area contributed by atoms with Gasteiger partial charge in [0.05, 0.1) is 6.61 Å². The van der Waals surface area contributed by atoms with Gasteiger partial charge in [-0.1, -0.05) is 13.8 Å². The Morgan fingerprint density at radius 3 is 2.69 bits per heavy atom. The number of hydrogen-bond acceptors (Lipinski definition) is 2. The number of rotatable bonds is 8. The zero-order valence-corrected chi connectivity index (χ0v) is 9.01. The Morgan fingerprint density at radius 2 is 2.15 bits per heavy atom. The molecular weight excluding hydrogens is 162 g/mol. The summed E-state index contributed by atoms with van der Waals surface area (Å²) in [6.45, 7) is 8.51. The SMILES string of the molecule is CCNCC(CC)COCC1CC1. The molecular formula is C11H23NO. The van der Waals surface area contributed by atoms with E-state index < -0.39 is 0 Å². The summed E-state index contributed by atoms with van der Waals surface area (Å²) in [7, 11) is 0. The summed E-state index contributed by atoms with van der Waals surface area (Å²) in [5, 5.41) is 3.37. The molecule has 0 radical (unpaired) electrons. The molecule has 1 fully saturated rings. The minimum Gasteiger partial charge on any atom is -0.381 e. The van der Waals surface area contributed by atoms with Gasteiger partial charge in [-0.05, 0) is 37.6 Å². The molecule has 0 heterocycles. The molecule has 1 N–H and O–H groups in total. The second-order valence-corrected chi connectivity index (χ2v) is 4.06. The predicted molar refractivity (Wildman–Crippen MR) is 55.9 cm³/mol. The van der Waals surface area contributed by atoms with E-state index >= 15 is 0 Å². The lowest BCUT2D eigenvalue weighted by molar-refractivity contribution is 0.0896. The number of ether oxygens (including phenoxy) is 1. The average Bonchev–Trinajstić information content (AvgIpc) is 2.94. The molecule has 0 aromatic rings. The first-order valence-corrected chi connectivity index (χ1v) is 5.65. The highest BCUT2D eigenvalue weighted by atomic mass is 16.5. The topological polar surface area (TPSA) is 21.3 Å². The van der Waals surface area contributed by atoms with Crippen molar-refractivity contribution >= 4 is 0 Å². The first-order chi connectivity index (χ1) is 6.36. The molecule has 0 aromatic carbocycles. The molecule has 1 aliphatic carbocycles. The number of hydrogen-bond donors (Lipinski definition) is 1. The van der Waals surface area contributed by atoms with E-state index in [1.165, 1.54) is 19.3 Å². The Morgan fingerprint density at radius 1 is 1.38 bits per heavy atom. The molecule has 78 valence electrons. The van der Waals surface area contributed by atoms with Crippen LogP contribution in [0.4, 0.5) is 0 Å². The minimum absolute atomic E-state index is 0.707. The van der Waals surface area contributed by atoms with E-state index in [1.807, 2.05) is 0 Å². The van der Waals surface area contributed by atoms with Crippen LogP contribution in [0.1, 0.15) is 33.1 Å². The molecule has 2 nitrogen and oxygen atoms in total. The zero-order chi connectivity index (χ0) is 9.52. The van der Waals surface area contributed by atoms with Crippen LogP contribution in [0.15, 0.2) is 0 Å². The van der Waals surface area contributed by atoms with Crippen LogP contribution in [0, 0.1) is 11.8 Å². The van der Waals surface area contributed by atoms with Gasteiger partial charge in [0.25, 0.3) is 0 Å². The lowest BCUT2D eigenvalue weighted by Crippen LogP contribution is -2.25. The Balaban J connectivity index is 1.93. The van der Waals surface area contributed by atoms with E-state index in [-0.39, 0.29) is 0 Å². The molecule has 0 aliphatic heterocycles. The highest BCUT2D eigenvalue weighted by molar-refractivity contribution is 4.72. The molecule has 13 heavy (non-hydrogen) atoms. The largest absolute Gasteiger partial charge is 0.381 e. The third kappa shape index (κ3) is 5.27. The summed E-state index contributed by atoms with van der Waals surface area (Å²) >= 11 is 0. The summed E-state index contributed by atoms with van der Waals surface area (Å²) < 4.78 is 5.67. The van der Waals surface area contributed by atoms with Gasteiger partial charge in [-0.15, -0.1) is 0 Å². The maximum absolute atomic E-state index is 5.67. The molecule has 0 amide bonds. The van der Waals surface area contributed by atoms with Crippen LogP contribution < -0.4 is 5.32 Å². The fourth-order valence-electron chi connectivity index (χ4n) is 1.36. The molecule has 1 saturated carbocycles. The van der Waals surface area contributed by atoms with E-state index in [2.05, 4.69) is 19.2 Å². The Labute approximate surface area is 82.0 Å². The van der Waals surface area contributed by atoms with Crippen molar-refractivity contribution in [1.82, 2.24) is 5.32 Å². The van der Waals surface area contributed by atoms with Gasteiger partial charge in [0, 0.05) is 13.2 Å². The van der Waals surface area contributed by atoms with Crippen molar-refractivity contribution in [3.8, 4) is 0 Å². The lowest BCUT2D eigenvalue weighted by atomic mass is 10.1. The van der Waals surface area contributed by atoms with Crippen LogP contribution in [0.5, 0.6) is 0 Å². The van der Waals surface area contributed by atoms with Crippen molar-refractivity contribution in [3.63, 3.8) is 0 Å². The standard InChI is InChI=1S/C11H23NO/c1-3-10(7-12-4-2)8-13-9-11-5-6-11/h10-12H,3-9H2,1-2H3. The first-order valence-electron chi connectivity index (χ1n) is 5.65. The van der Waals surface area contributed by atoms with Crippen LogP contribution in [0.3, 0.4) is 0 Å². The third-order valence-corrected chi connectivity index (χ3v) is 2.66. The first kappa shape index (κ1) is 11.0. The van der Waals surface area contributed by atoms with Crippen molar-refractivity contribution in [2.24, 2.45) is 11.8 Å². The van der Waals surface area contributed by atoms with E-state index in [4.69, 9.17) is 4.74 Å². The molecule has 1 atom stereocenters. The minimum atomic E-state index is 0.707. The average molecular weight is 185 g/mol. The lowest BCUT2D eigenvalue weighted by Gasteiger charge is -2.15. The predicted octanol–water partition coefficient (Wildman–Crippen LogP) is 2.05. The molecule has 1 rings (SSSR count). The molecule has 1 aliphatic rings. The molecule has 0 spiro atoms. The maximum atomic E-state index is 5.67. The number of nitrogens with one attached hydrogen (secondary N) is 1. The van der Waals surface area contributed by atoms with Gasteiger partial charge in [0.15, 0.2) is 0 Å². The molecule has 0 aromatic heterocycles. The summed E-state index contributed by atoms with van der Waals surface area (Å²) in [6, 6.07) is 0. The van der Waals surface area contributed by atoms with Crippen LogP contribution >= 0.6 is 0 Å². The van der Waals surface area contributed by atoms with Crippen LogP contribution in [0.25, 0.3) is 0 Å². The molecule has 2 heteroatoms. The third-order valence-electron chi connectivity index (χ3n) is 2.66. The normalized spacial score (nSPS) is 18.9. The van der Waals surface area contributed by atoms with Gasteiger partial charge >= 0.3 is 0 Å². The summed E-state index contributed by atoms with van der Waals surface area (Å²) in [5.41, 5.74) is 0. The Bertz CT molecular complexity index is 123. The van der Waals surface area contributed by atoms with E-state index in [9.17, 15) is 0 Å². The fourth-order valence-corrected chi connectivity index (χ4v) is 1.36. The van der Waals surface area contributed by atoms with E-state index in [0.717, 1.165) is 32.2 Å². The highest BCUT2D eigenvalue weighted by Gasteiger charge is 2.21. The van der Waals surface area contributed by atoms with Crippen molar-refractivity contribution in [2.45, 2.75) is 33.1 Å². The zero-order valence-electron chi connectivity index (χ0n) is 9.01. The van der Waals surface area contributed by atoms with Crippen molar-refractivity contribution in [3.05, 3.63) is 0 Å². The second-order valence-electron chi connectivity index (χ2n) is 4.06. The van der Waals surface area contributed by atoms with Crippen molar-refractivity contribution in [1.29, 1.82) is 0 Å². The Hall–Kier alpha value is -0.0800. The summed E-state index contributed by atoms with van der Waals surface area (Å²) in [4.78, 5) is 0. The van der Waals surface area contributed by atoms with Crippen LogP contribution in [-0.2, 0) is 4.74 Å². The van der Waals surface area contributed by atoms with E-state index in [1.54, 1.807) is 0 Å². The smallest absolute Gasteiger partial charge is 0.0506 e. The molecule has 1 unspecified atom stereocenters. The molecule has 0 bridgehead atoms. The van der Waals surface area contributed by atoms with Crippen LogP contribution in [0.2, 0.25) is 0 Å². The van der Waals surface area contributed by atoms with Gasteiger partial charge in [0.2, 0.25) is 0 Å². The quantitative estimate of drug-likeness (QED) is 0.625. The van der Waals surface area contributed by atoms with E-state index in [0.29, 0.717) is 5.92 Å². The fraction of sp³-hybridized carbons (Fsp3) is 1.00. The van der Waals surface area contributed by atoms with Crippen LogP contribution in [-0.4, -0.2) is 26.3 Å². The van der Waals surface area contributed by atoms with Crippen molar-refractivity contribution < 1.29 is 4.74 Å². The maximum Gasteiger partial charge on any atom is 0.0506 e. The Kier molecular flexibility index (Phi) is 5.40. The van der Waals surface area contributed by atoms with Gasteiger partial charge in [-0.2, -0.15) is 0 Å². The van der Waals surface area contributed by atoms with Crippen molar-refractivity contribution in [2.75, 3.05) is 26.3 Å².